The fourth-order valence-corrected chi connectivity index (χ4v) is 2.29. The topological polar surface area (TPSA) is 34.4 Å². The first kappa shape index (κ1) is 9.74. The molecule has 1 N–H and O–H groups in total. The van der Waals surface area contributed by atoms with E-state index in [1.54, 1.807) is 12.5 Å². The average Bonchev–Trinajstić information content (AvgIpc) is 2.78. The van der Waals surface area contributed by atoms with Crippen LogP contribution >= 0.6 is 0 Å². The summed E-state index contributed by atoms with van der Waals surface area (Å²) in [6, 6.07) is 2.22. The largest absolute Gasteiger partial charge is 0.472 e. The minimum atomic E-state index is -0.0847. The van der Waals surface area contributed by atoms with Crippen molar-refractivity contribution < 1.29 is 9.15 Å². The summed E-state index contributed by atoms with van der Waals surface area (Å²) in [6.45, 7) is 3.03. The highest BCUT2D eigenvalue weighted by Crippen LogP contribution is 2.37. The summed E-state index contributed by atoms with van der Waals surface area (Å²) >= 11 is 0. The van der Waals surface area contributed by atoms with Gasteiger partial charge in [0.1, 0.15) is 0 Å². The van der Waals surface area contributed by atoms with Gasteiger partial charge in [0.15, 0.2) is 0 Å². The van der Waals surface area contributed by atoms with Crippen LogP contribution in [0.4, 0.5) is 0 Å². The Labute approximate surface area is 84.4 Å². The second-order valence-corrected chi connectivity index (χ2v) is 4.04. The van der Waals surface area contributed by atoms with E-state index in [1.165, 1.54) is 0 Å². The molecule has 1 aromatic heterocycles. The molecule has 14 heavy (non-hydrogen) atoms. The number of rotatable bonds is 3. The molecule has 2 rings (SSSR count). The lowest BCUT2D eigenvalue weighted by Crippen LogP contribution is -2.39. The molecule has 1 aromatic rings. The van der Waals surface area contributed by atoms with Crippen LogP contribution in [0.15, 0.2) is 23.0 Å². The predicted molar refractivity (Wildman–Crippen MR) is 54.1 cm³/mol. The molecule has 0 spiro atoms. The van der Waals surface area contributed by atoms with E-state index in [2.05, 4.69) is 12.2 Å². The molecule has 0 aromatic carbocycles. The first-order valence-electron chi connectivity index (χ1n) is 5.09. The van der Waals surface area contributed by atoms with Crippen LogP contribution in [0, 0.1) is 0 Å². The molecule has 1 saturated heterocycles. The quantitative estimate of drug-likeness (QED) is 0.802. The maximum atomic E-state index is 5.81. The Balaban J connectivity index is 2.20. The van der Waals surface area contributed by atoms with Gasteiger partial charge in [-0.2, -0.15) is 0 Å². The van der Waals surface area contributed by atoms with Crippen molar-refractivity contribution in [3.05, 3.63) is 24.2 Å². The van der Waals surface area contributed by atoms with E-state index in [0.29, 0.717) is 0 Å². The van der Waals surface area contributed by atoms with Gasteiger partial charge in [0.2, 0.25) is 0 Å². The summed E-state index contributed by atoms with van der Waals surface area (Å²) < 4.78 is 10.9. The second-order valence-electron chi connectivity index (χ2n) is 4.04. The zero-order valence-corrected chi connectivity index (χ0v) is 8.75. The lowest BCUT2D eigenvalue weighted by molar-refractivity contribution is -0.0106. The Morgan fingerprint density at radius 2 is 2.43 bits per heavy atom. The van der Waals surface area contributed by atoms with Crippen LogP contribution < -0.4 is 5.32 Å². The monoisotopic (exact) mass is 195 g/mol. The summed E-state index contributed by atoms with van der Waals surface area (Å²) in [5.41, 5.74) is 1.08. The number of hydrogen-bond acceptors (Lipinski definition) is 3. The minimum absolute atomic E-state index is 0.0847. The highest BCUT2D eigenvalue weighted by atomic mass is 16.5. The third-order valence-electron chi connectivity index (χ3n) is 3.03. The van der Waals surface area contributed by atoms with Gasteiger partial charge in [-0.15, -0.1) is 0 Å². The van der Waals surface area contributed by atoms with E-state index in [-0.39, 0.29) is 11.6 Å². The Kier molecular flexibility index (Phi) is 2.61. The Bertz CT molecular complexity index is 275. The van der Waals surface area contributed by atoms with Gasteiger partial charge in [-0.1, -0.05) is 0 Å². The van der Waals surface area contributed by atoms with Gasteiger partial charge >= 0.3 is 0 Å². The number of hydrogen-bond donors (Lipinski definition) is 1. The van der Waals surface area contributed by atoms with Gasteiger partial charge < -0.3 is 14.5 Å². The van der Waals surface area contributed by atoms with Crippen LogP contribution in [0.1, 0.15) is 31.4 Å². The molecule has 0 amide bonds. The highest BCUT2D eigenvalue weighted by molar-refractivity contribution is 5.16. The SMILES string of the molecule is CNC(c1ccoc1)C1(C)CCCO1. The van der Waals surface area contributed by atoms with Crippen molar-refractivity contribution in [2.75, 3.05) is 13.7 Å². The molecule has 3 nitrogen and oxygen atoms in total. The van der Waals surface area contributed by atoms with Crippen molar-refractivity contribution in [3.8, 4) is 0 Å². The van der Waals surface area contributed by atoms with Crippen molar-refractivity contribution in [3.63, 3.8) is 0 Å². The molecule has 2 heterocycles. The molecule has 0 radical (unpaired) electrons. The summed E-state index contributed by atoms with van der Waals surface area (Å²) in [5.74, 6) is 0. The summed E-state index contributed by atoms with van der Waals surface area (Å²) in [5, 5.41) is 3.30. The van der Waals surface area contributed by atoms with Crippen LogP contribution in [-0.2, 0) is 4.74 Å². The van der Waals surface area contributed by atoms with Gasteiger partial charge in [-0.3, -0.25) is 0 Å². The summed E-state index contributed by atoms with van der Waals surface area (Å²) in [7, 11) is 1.96. The van der Waals surface area contributed by atoms with Gasteiger partial charge in [-0.25, -0.2) is 0 Å². The maximum absolute atomic E-state index is 5.81. The van der Waals surface area contributed by atoms with E-state index in [4.69, 9.17) is 9.15 Å². The normalized spacial score (nSPS) is 29.3. The molecule has 2 atom stereocenters. The molecule has 2 unspecified atom stereocenters. The van der Waals surface area contributed by atoms with Gasteiger partial charge in [0.05, 0.1) is 24.2 Å². The van der Waals surface area contributed by atoms with Crippen LogP contribution in [-0.4, -0.2) is 19.3 Å². The fourth-order valence-electron chi connectivity index (χ4n) is 2.29. The third-order valence-corrected chi connectivity index (χ3v) is 3.03. The smallest absolute Gasteiger partial charge is 0.0951 e. The van der Waals surface area contributed by atoms with Crippen LogP contribution in [0.3, 0.4) is 0 Å². The van der Waals surface area contributed by atoms with Crippen molar-refractivity contribution in [2.24, 2.45) is 0 Å². The van der Waals surface area contributed by atoms with Crippen LogP contribution in [0.2, 0.25) is 0 Å². The van der Waals surface area contributed by atoms with Crippen molar-refractivity contribution in [1.29, 1.82) is 0 Å². The predicted octanol–water partition coefficient (Wildman–Crippen LogP) is 2.11. The molecule has 1 aliphatic rings. The standard InChI is InChI=1S/C11H17NO2/c1-11(5-3-6-14-11)10(12-2)9-4-7-13-8-9/h4,7-8,10,12H,3,5-6H2,1-2H3. The Morgan fingerprint density at radius 3 is 2.93 bits per heavy atom. The van der Waals surface area contributed by atoms with E-state index in [1.807, 2.05) is 13.1 Å². The number of furan rings is 1. The van der Waals surface area contributed by atoms with Gasteiger partial charge in [0, 0.05) is 12.2 Å². The number of likely N-dealkylation sites (N-methyl/N-ethyl adjacent to an activating group) is 1. The van der Waals surface area contributed by atoms with Crippen LogP contribution in [0.25, 0.3) is 0 Å². The molecular formula is C11H17NO2. The van der Waals surface area contributed by atoms with E-state index >= 15 is 0 Å². The third kappa shape index (κ3) is 1.57. The molecule has 3 heteroatoms. The molecule has 1 aliphatic heterocycles. The van der Waals surface area contributed by atoms with Crippen LogP contribution in [0.5, 0.6) is 0 Å². The molecule has 0 bridgehead atoms. The zero-order chi connectivity index (χ0) is 10.0. The average molecular weight is 195 g/mol. The lowest BCUT2D eigenvalue weighted by atomic mass is 9.89. The highest BCUT2D eigenvalue weighted by Gasteiger charge is 2.38. The van der Waals surface area contributed by atoms with Crippen molar-refractivity contribution >= 4 is 0 Å². The molecule has 0 aliphatic carbocycles. The zero-order valence-electron chi connectivity index (χ0n) is 8.75. The number of ether oxygens (including phenoxy) is 1. The van der Waals surface area contributed by atoms with E-state index in [9.17, 15) is 0 Å². The van der Waals surface area contributed by atoms with Crippen molar-refractivity contribution in [2.45, 2.75) is 31.4 Å². The van der Waals surface area contributed by atoms with E-state index in [0.717, 1.165) is 25.0 Å². The fraction of sp³-hybridized carbons (Fsp3) is 0.636. The molecule has 1 fully saturated rings. The van der Waals surface area contributed by atoms with Gasteiger partial charge in [-0.05, 0) is 32.9 Å². The first-order valence-corrected chi connectivity index (χ1v) is 5.09. The van der Waals surface area contributed by atoms with Crippen molar-refractivity contribution in [1.82, 2.24) is 5.32 Å². The summed E-state index contributed by atoms with van der Waals surface area (Å²) in [4.78, 5) is 0. The molecular weight excluding hydrogens is 178 g/mol. The van der Waals surface area contributed by atoms with Gasteiger partial charge in [0.25, 0.3) is 0 Å². The molecule has 0 saturated carbocycles. The Hall–Kier alpha value is -0.800. The Morgan fingerprint density at radius 1 is 1.57 bits per heavy atom. The lowest BCUT2D eigenvalue weighted by Gasteiger charge is -2.32. The summed E-state index contributed by atoms with van der Waals surface area (Å²) in [6.07, 6.45) is 5.74. The van der Waals surface area contributed by atoms with E-state index < -0.39 is 0 Å². The first-order chi connectivity index (χ1) is 6.76. The minimum Gasteiger partial charge on any atom is -0.472 e. The second kappa shape index (κ2) is 3.75. The maximum Gasteiger partial charge on any atom is 0.0951 e. The number of nitrogens with one attached hydrogen (secondary N) is 1. The molecule has 78 valence electrons.